The Hall–Kier alpha value is -1.63. The molecule has 0 bridgehead atoms. The minimum atomic E-state index is -1.08. The Morgan fingerprint density at radius 2 is 2.00 bits per heavy atom. The molecule has 2 atom stereocenters. The maximum Gasteiger partial charge on any atom is 0.326 e. The van der Waals surface area contributed by atoms with Crippen molar-refractivity contribution in [3.05, 3.63) is 0 Å². The average molecular weight is 272 g/mol. The molecule has 4 N–H and O–H groups in total. The van der Waals surface area contributed by atoms with E-state index in [1.165, 1.54) is 0 Å². The zero-order valence-corrected chi connectivity index (χ0v) is 10.7. The molecule has 7 heteroatoms. The van der Waals surface area contributed by atoms with Crippen LogP contribution in [0, 0.1) is 0 Å². The van der Waals surface area contributed by atoms with Crippen LogP contribution in [0.15, 0.2) is 0 Å². The van der Waals surface area contributed by atoms with Crippen LogP contribution < -0.4 is 10.6 Å². The van der Waals surface area contributed by atoms with Crippen LogP contribution in [0.1, 0.15) is 38.5 Å². The molecule has 1 aliphatic heterocycles. The van der Waals surface area contributed by atoms with Gasteiger partial charge >= 0.3 is 11.9 Å². The molecule has 7 nitrogen and oxygen atoms in total. The summed E-state index contributed by atoms with van der Waals surface area (Å²) in [4.78, 5) is 33.1. The summed E-state index contributed by atoms with van der Waals surface area (Å²) in [5.41, 5.74) is 0. The Morgan fingerprint density at radius 1 is 1.26 bits per heavy atom. The Morgan fingerprint density at radius 3 is 2.53 bits per heavy atom. The highest BCUT2D eigenvalue weighted by Gasteiger charge is 2.26. The second-order valence-electron chi connectivity index (χ2n) is 4.69. The first kappa shape index (κ1) is 15.4. The van der Waals surface area contributed by atoms with Gasteiger partial charge in [-0.05, 0) is 32.2 Å². The van der Waals surface area contributed by atoms with Crippen molar-refractivity contribution in [2.75, 3.05) is 6.54 Å². The summed E-state index contributed by atoms with van der Waals surface area (Å²) in [5, 5.41) is 23.0. The molecule has 1 amide bonds. The molecule has 0 unspecified atom stereocenters. The molecule has 19 heavy (non-hydrogen) atoms. The van der Waals surface area contributed by atoms with Crippen molar-refractivity contribution in [1.29, 1.82) is 0 Å². The van der Waals surface area contributed by atoms with Crippen molar-refractivity contribution in [3.63, 3.8) is 0 Å². The molecule has 1 aliphatic rings. The lowest BCUT2D eigenvalue weighted by atomic mass is 10.1. The van der Waals surface area contributed by atoms with E-state index in [-0.39, 0.29) is 24.8 Å². The average Bonchev–Trinajstić information content (AvgIpc) is 2.85. The lowest BCUT2D eigenvalue weighted by Gasteiger charge is -2.17. The van der Waals surface area contributed by atoms with E-state index in [1.54, 1.807) is 0 Å². The quantitative estimate of drug-likeness (QED) is 0.460. The Kier molecular flexibility index (Phi) is 6.27. The molecule has 0 radical (unpaired) electrons. The smallest absolute Gasteiger partial charge is 0.326 e. The summed E-state index contributed by atoms with van der Waals surface area (Å²) in [6.07, 6.45) is 2.77. The van der Waals surface area contributed by atoms with Crippen molar-refractivity contribution < 1.29 is 24.6 Å². The molecule has 1 rings (SSSR count). The summed E-state index contributed by atoms with van der Waals surface area (Å²) in [5.74, 6) is -2.27. The normalized spacial score (nSPS) is 19.9. The minimum Gasteiger partial charge on any atom is -0.481 e. The predicted molar refractivity (Wildman–Crippen MR) is 66.7 cm³/mol. The van der Waals surface area contributed by atoms with E-state index >= 15 is 0 Å². The van der Waals surface area contributed by atoms with Crippen LogP contribution in [0.25, 0.3) is 0 Å². The van der Waals surface area contributed by atoms with Gasteiger partial charge in [-0.1, -0.05) is 6.42 Å². The first-order chi connectivity index (χ1) is 9.00. The molecule has 108 valence electrons. The fourth-order valence-electron chi connectivity index (χ4n) is 2.06. The van der Waals surface area contributed by atoms with Gasteiger partial charge in [-0.15, -0.1) is 0 Å². The maximum atomic E-state index is 11.8. The van der Waals surface area contributed by atoms with Gasteiger partial charge in [0.25, 0.3) is 0 Å². The van der Waals surface area contributed by atoms with Gasteiger partial charge in [0, 0.05) is 6.42 Å². The van der Waals surface area contributed by atoms with E-state index in [1.807, 2.05) is 0 Å². The zero-order chi connectivity index (χ0) is 14.3. The summed E-state index contributed by atoms with van der Waals surface area (Å²) in [6, 6.07) is -1.25. The molecule has 0 spiro atoms. The maximum absolute atomic E-state index is 11.8. The molecule has 1 saturated heterocycles. The monoisotopic (exact) mass is 272 g/mol. The number of nitrogens with one attached hydrogen (secondary N) is 2. The van der Waals surface area contributed by atoms with Crippen LogP contribution in [-0.2, 0) is 14.4 Å². The molecule has 0 aromatic rings. The van der Waals surface area contributed by atoms with Crippen molar-refractivity contribution in [3.8, 4) is 0 Å². The van der Waals surface area contributed by atoms with Gasteiger partial charge in [0.15, 0.2) is 0 Å². The van der Waals surface area contributed by atoms with E-state index in [0.717, 1.165) is 19.4 Å². The summed E-state index contributed by atoms with van der Waals surface area (Å²) in [6.45, 7) is 0.772. The van der Waals surface area contributed by atoms with Crippen LogP contribution in [0.5, 0.6) is 0 Å². The molecule has 1 fully saturated rings. The molecular weight excluding hydrogens is 252 g/mol. The van der Waals surface area contributed by atoms with E-state index < -0.39 is 18.0 Å². The van der Waals surface area contributed by atoms with Crippen molar-refractivity contribution >= 4 is 17.8 Å². The third-order valence-electron chi connectivity index (χ3n) is 3.12. The zero-order valence-electron chi connectivity index (χ0n) is 10.7. The van der Waals surface area contributed by atoms with Crippen molar-refractivity contribution in [1.82, 2.24) is 10.6 Å². The number of carbonyl (C=O) groups excluding carboxylic acids is 1. The number of carboxylic acids is 2. The van der Waals surface area contributed by atoms with Gasteiger partial charge in [-0.3, -0.25) is 9.59 Å². The molecular formula is C12H20N2O5. The van der Waals surface area contributed by atoms with Crippen LogP contribution in [0.3, 0.4) is 0 Å². The number of unbranched alkanes of at least 4 members (excludes halogenated alkanes) is 1. The number of amides is 1. The molecule has 0 aliphatic carbocycles. The largest absolute Gasteiger partial charge is 0.481 e. The fraction of sp³-hybridized carbons (Fsp3) is 0.750. The van der Waals surface area contributed by atoms with E-state index in [2.05, 4.69) is 10.6 Å². The lowest BCUT2D eigenvalue weighted by molar-refractivity contribution is -0.142. The highest BCUT2D eigenvalue weighted by molar-refractivity contribution is 5.87. The summed E-state index contributed by atoms with van der Waals surface area (Å²) < 4.78 is 0. The van der Waals surface area contributed by atoms with E-state index in [0.29, 0.717) is 12.8 Å². The van der Waals surface area contributed by atoms with Gasteiger partial charge in [0.1, 0.15) is 6.04 Å². The lowest BCUT2D eigenvalue weighted by Crippen LogP contribution is -2.48. The first-order valence-corrected chi connectivity index (χ1v) is 6.49. The van der Waals surface area contributed by atoms with Gasteiger partial charge < -0.3 is 20.8 Å². The number of aliphatic carboxylic acids is 2. The molecule has 0 aromatic carbocycles. The predicted octanol–water partition coefficient (Wildman–Crippen LogP) is -0.0472. The molecule has 1 heterocycles. The van der Waals surface area contributed by atoms with Gasteiger partial charge in [0.05, 0.1) is 6.04 Å². The summed E-state index contributed by atoms with van der Waals surface area (Å²) >= 11 is 0. The third-order valence-corrected chi connectivity index (χ3v) is 3.12. The first-order valence-electron chi connectivity index (χ1n) is 6.49. The number of hydrogen-bond acceptors (Lipinski definition) is 4. The van der Waals surface area contributed by atoms with E-state index in [9.17, 15) is 14.4 Å². The van der Waals surface area contributed by atoms with Gasteiger partial charge in [-0.2, -0.15) is 0 Å². The standard InChI is InChI=1S/C12H20N2O5/c15-10(16)6-2-1-4-9(12(18)19)14-11(17)8-5-3-7-13-8/h8-9,13H,1-7H2,(H,14,17)(H,15,16)(H,18,19)/t8-,9-/m0/s1. The second kappa shape index (κ2) is 7.73. The third kappa shape index (κ3) is 5.69. The Labute approximate surface area is 111 Å². The van der Waals surface area contributed by atoms with Gasteiger partial charge in [-0.25, -0.2) is 4.79 Å². The Balaban J connectivity index is 2.33. The topological polar surface area (TPSA) is 116 Å². The number of rotatable bonds is 8. The van der Waals surface area contributed by atoms with Gasteiger partial charge in [0.2, 0.25) is 5.91 Å². The fourth-order valence-corrected chi connectivity index (χ4v) is 2.06. The van der Waals surface area contributed by atoms with E-state index in [4.69, 9.17) is 10.2 Å². The van der Waals surface area contributed by atoms with Crippen molar-refractivity contribution in [2.45, 2.75) is 50.6 Å². The second-order valence-corrected chi connectivity index (χ2v) is 4.69. The molecule has 0 saturated carbocycles. The SMILES string of the molecule is O=C(O)CCCC[C@H](NC(=O)[C@@H]1CCCN1)C(=O)O. The van der Waals surface area contributed by atoms with Crippen molar-refractivity contribution in [2.24, 2.45) is 0 Å². The Bertz CT molecular complexity index is 339. The summed E-state index contributed by atoms with van der Waals surface area (Å²) in [7, 11) is 0. The van der Waals surface area contributed by atoms with Crippen LogP contribution >= 0.6 is 0 Å². The molecule has 0 aromatic heterocycles. The highest BCUT2D eigenvalue weighted by Crippen LogP contribution is 2.08. The number of hydrogen-bond donors (Lipinski definition) is 4. The minimum absolute atomic E-state index is 0.0183. The van der Waals surface area contributed by atoms with Crippen LogP contribution in [0.2, 0.25) is 0 Å². The van der Waals surface area contributed by atoms with Crippen LogP contribution in [0.4, 0.5) is 0 Å². The highest BCUT2D eigenvalue weighted by atomic mass is 16.4. The number of carboxylic acid groups (broad SMARTS) is 2. The number of carbonyl (C=O) groups is 3. The van der Waals surface area contributed by atoms with Crippen LogP contribution in [-0.4, -0.2) is 46.7 Å².